The van der Waals surface area contributed by atoms with Crippen molar-refractivity contribution in [2.24, 2.45) is 5.92 Å². The summed E-state index contributed by atoms with van der Waals surface area (Å²) in [7, 11) is -1.41. The lowest BCUT2D eigenvalue weighted by atomic mass is 9.80. The van der Waals surface area contributed by atoms with Crippen molar-refractivity contribution >= 4 is 12.6 Å². The van der Waals surface area contributed by atoms with Crippen LogP contribution in [0.5, 0.6) is 0 Å². The van der Waals surface area contributed by atoms with Gasteiger partial charge in [0.2, 0.25) is 0 Å². The Morgan fingerprint density at radius 1 is 1.25 bits per heavy atom. The van der Waals surface area contributed by atoms with Crippen LogP contribution in [-0.4, -0.2) is 23.3 Å². The molecule has 1 rings (SSSR count). The van der Waals surface area contributed by atoms with Crippen LogP contribution in [0.25, 0.3) is 0 Å². The molecule has 2 N–H and O–H groups in total. The first-order valence-corrected chi connectivity index (χ1v) is 5.57. The van der Waals surface area contributed by atoms with Gasteiger partial charge in [0.15, 0.2) is 0 Å². The Morgan fingerprint density at radius 2 is 1.94 bits per heavy atom. The number of ether oxygens (including phenoxy) is 1. The highest BCUT2D eigenvalue weighted by Gasteiger charge is 2.11. The van der Waals surface area contributed by atoms with Crippen LogP contribution in [0.3, 0.4) is 0 Å². The van der Waals surface area contributed by atoms with Crippen LogP contribution in [0.4, 0.5) is 0 Å². The number of rotatable bonds is 5. The third-order valence-corrected chi connectivity index (χ3v) is 2.70. The fraction of sp³-hybridized carbons (Fsp3) is 0.500. The lowest BCUT2D eigenvalue weighted by Gasteiger charge is -2.16. The normalized spacial score (nSPS) is 12.9. The molecule has 1 atom stereocenters. The first-order valence-electron chi connectivity index (χ1n) is 5.57. The van der Waals surface area contributed by atoms with Crippen molar-refractivity contribution in [3.8, 4) is 0 Å². The number of hydrogen-bond donors (Lipinski definition) is 2. The Balaban J connectivity index is 2.57. The number of hydrogen-bond acceptors (Lipinski definition) is 3. The van der Waals surface area contributed by atoms with Crippen LogP contribution in [0.1, 0.15) is 26.3 Å². The molecule has 0 amide bonds. The molecule has 88 valence electrons. The predicted molar refractivity (Wildman–Crippen MR) is 65.4 cm³/mol. The highest BCUT2D eigenvalue weighted by Crippen LogP contribution is 2.09. The monoisotopic (exact) mass is 222 g/mol. The van der Waals surface area contributed by atoms with Gasteiger partial charge in [-0.3, -0.25) is 0 Å². The summed E-state index contributed by atoms with van der Waals surface area (Å²) in [6, 6.07) is 7.14. The molecule has 0 spiro atoms. The van der Waals surface area contributed by atoms with Gasteiger partial charge in [-0.25, -0.2) is 0 Å². The number of benzene rings is 1. The molecule has 0 aliphatic rings. The lowest BCUT2D eigenvalue weighted by molar-refractivity contribution is 0.0235. The molecule has 0 radical (unpaired) electrons. The smallest absolute Gasteiger partial charge is 0.423 e. The molecule has 0 aliphatic carbocycles. The molecule has 0 fully saturated rings. The SMILES string of the molecule is CC(C)C(C)OCc1cccc(B(O)O)c1. The summed E-state index contributed by atoms with van der Waals surface area (Å²) < 4.78 is 5.66. The van der Waals surface area contributed by atoms with E-state index in [2.05, 4.69) is 13.8 Å². The van der Waals surface area contributed by atoms with Gasteiger partial charge in [0.1, 0.15) is 0 Å². The van der Waals surface area contributed by atoms with Crippen molar-refractivity contribution in [2.45, 2.75) is 33.5 Å². The Kier molecular flexibility index (Phi) is 4.99. The molecule has 1 aromatic rings. The predicted octanol–water partition coefficient (Wildman–Crippen LogP) is 0.927. The molecule has 4 heteroatoms. The second-order valence-corrected chi connectivity index (χ2v) is 4.38. The molecule has 0 saturated carbocycles. The minimum absolute atomic E-state index is 0.197. The van der Waals surface area contributed by atoms with E-state index >= 15 is 0 Å². The zero-order valence-electron chi connectivity index (χ0n) is 10.1. The first-order chi connectivity index (χ1) is 7.50. The van der Waals surface area contributed by atoms with Crippen LogP contribution in [0, 0.1) is 5.92 Å². The lowest BCUT2D eigenvalue weighted by Crippen LogP contribution is -2.30. The molecular formula is C12H19BO3. The van der Waals surface area contributed by atoms with Gasteiger partial charge in [-0.1, -0.05) is 38.1 Å². The van der Waals surface area contributed by atoms with Crippen molar-refractivity contribution in [2.75, 3.05) is 0 Å². The van der Waals surface area contributed by atoms with E-state index in [1.54, 1.807) is 18.2 Å². The van der Waals surface area contributed by atoms with Crippen LogP contribution >= 0.6 is 0 Å². The minimum atomic E-state index is -1.41. The van der Waals surface area contributed by atoms with E-state index in [4.69, 9.17) is 14.8 Å². The summed E-state index contributed by atoms with van der Waals surface area (Å²) >= 11 is 0. The minimum Gasteiger partial charge on any atom is -0.423 e. The molecule has 1 aromatic carbocycles. The van der Waals surface area contributed by atoms with Gasteiger partial charge in [0, 0.05) is 0 Å². The van der Waals surface area contributed by atoms with Gasteiger partial charge in [-0.05, 0) is 23.9 Å². The van der Waals surface area contributed by atoms with E-state index in [1.165, 1.54) is 0 Å². The van der Waals surface area contributed by atoms with Gasteiger partial charge >= 0.3 is 7.12 Å². The highest BCUT2D eigenvalue weighted by molar-refractivity contribution is 6.58. The molecular weight excluding hydrogens is 203 g/mol. The summed E-state index contributed by atoms with van der Waals surface area (Å²) in [5.41, 5.74) is 1.46. The fourth-order valence-corrected chi connectivity index (χ4v) is 1.26. The van der Waals surface area contributed by atoms with Gasteiger partial charge in [-0.15, -0.1) is 0 Å². The summed E-state index contributed by atoms with van der Waals surface area (Å²) in [6.07, 6.45) is 0.197. The van der Waals surface area contributed by atoms with Crippen molar-refractivity contribution in [3.05, 3.63) is 29.8 Å². The zero-order chi connectivity index (χ0) is 12.1. The third kappa shape index (κ3) is 3.97. The molecule has 0 bridgehead atoms. The van der Waals surface area contributed by atoms with E-state index in [0.29, 0.717) is 18.0 Å². The first kappa shape index (κ1) is 13.2. The van der Waals surface area contributed by atoms with Crippen LogP contribution in [0.15, 0.2) is 24.3 Å². The summed E-state index contributed by atoms with van der Waals surface area (Å²) in [5, 5.41) is 18.1. The van der Waals surface area contributed by atoms with Crippen molar-refractivity contribution in [3.63, 3.8) is 0 Å². The van der Waals surface area contributed by atoms with Gasteiger partial charge in [0.05, 0.1) is 12.7 Å². The highest BCUT2D eigenvalue weighted by atomic mass is 16.5. The molecule has 0 aromatic heterocycles. The molecule has 0 heterocycles. The van der Waals surface area contributed by atoms with Gasteiger partial charge in [0.25, 0.3) is 0 Å². The standard InChI is InChI=1S/C12H19BO3/c1-9(2)10(3)16-8-11-5-4-6-12(7-11)13(14)15/h4-7,9-10,14-15H,8H2,1-3H3. The average Bonchev–Trinajstić information content (AvgIpc) is 2.26. The molecule has 16 heavy (non-hydrogen) atoms. The van der Waals surface area contributed by atoms with Gasteiger partial charge < -0.3 is 14.8 Å². The second kappa shape index (κ2) is 6.04. The van der Waals surface area contributed by atoms with Crippen LogP contribution < -0.4 is 5.46 Å². The van der Waals surface area contributed by atoms with Crippen LogP contribution in [-0.2, 0) is 11.3 Å². The third-order valence-electron chi connectivity index (χ3n) is 2.70. The van der Waals surface area contributed by atoms with Crippen molar-refractivity contribution in [1.82, 2.24) is 0 Å². The summed E-state index contributed by atoms with van der Waals surface area (Å²) in [5.74, 6) is 0.478. The van der Waals surface area contributed by atoms with Crippen LogP contribution in [0.2, 0.25) is 0 Å². The maximum atomic E-state index is 9.03. The van der Waals surface area contributed by atoms with Crippen molar-refractivity contribution in [1.29, 1.82) is 0 Å². The summed E-state index contributed by atoms with van der Waals surface area (Å²) in [4.78, 5) is 0. The van der Waals surface area contributed by atoms with E-state index < -0.39 is 7.12 Å². The molecule has 0 aliphatic heterocycles. The fourth-order valence-electron chi connectivity index (χ4n) is 1.26. The maximum Gasteiger partial charge on any atom is 0.488 e. The van der Waals surface area contributed by atoms with E-state index in [1.807, 2.05) is 13.0 Å². The maximum absolute atomic E-state index is 9.03. The topological polar surface area (TPSA) is 49.7 Å². The quantitative estimate of drug-likeness (QED) is 0.728. The van der Waals surface area contributed by atoms with E-state index in [0.717, 1.165) is 5.56 Å². The van der Waals surface area contributed by atoms with E-state index in [-0.39, 0.29) is 6.10 Å². The Hall–Kier alpha value is -0.835. The Labute approximate surface area is 97.2 Å². The largest absolute Gasteiger partial charge is 0.488 e. The summed E-state index contributed by atoms with van der Waals surface area (Å²) in [6.45, 7) is 6.76. The average molecular weight is 222 g/mol. The molecule has 1 unspecified atom stereocenters. The zero-order valence-corrected chi connectivity index (χ0v) is 10.1. The second-order valence-electron chi connectivity index (χ2n) is 4.38. The molecule has 3 nitrogen and oxygen atoms in total. The Morgan fingerprint density at radius 3 is 2.50 bits per heavy atom. The van der Waals surface area contributed by atoms with Gasteiger partial charge in [-0.2, -0.15) is 0 Å². The van der Waals surface area contributed by atoms with Crippen molar-refractivity contribution < 1.29 is 14.8 Å². The van der Waals surface area contributed by atoms with E-state index in [9.17, 15) is 0 Å². The Bertz CT molecular complexity index is 326. The molecule has 0 saturated heterocycles.